The molecule has 0 radical (unpaired) electrons. The standard InChI is InChI=1S/C13H19FN2O2/c1-3-12(11-6-5-10(14)9-15-11)16(4-2)8-7-13(17)18/h5-6,9,12H,3-4,7-8H2,1-2H3,(H,17,18). The van der Waals surface area contributed by atoms with Crippen molar-refractivity contribution in [2.24, 2.45) is 0 Å². The van der Waals surface area contributed by atoms with Crippen LogP contribution in [0, 0.1) is 5.82 Å². The fraction of sp³-hybridized carbons (Fsp3) is 0.538. The van der Waals surface area contributed by atoms with Gasteiger partial charge in [0.2, 0.25) is 0 Å². The molecule has 18 heavy (non-hydrogen) atoms. The molecule has 0 aliphatic carbocycles. The number of aromatic nitrogens is 1. The lowest BCUT2D eigenvalue weighted by atomic mass is 10.1. The molecule has 4 nitrogen and oxygen atoms in total. The monoisotopic (exact) mass is 254 g/mol. The first kappa shape index (κ1) is 14.6. The zero-order valence-corrected chi connectivity index (χ0v) is 10.8. The number of carboxylic acids is 1. The Morgan fingerprint density at radius 3 is 2.67 bits per heavy atom. The highest BCUT2D eigenvalue weighted by molar-refractivity contribution is 5.66. The van der Waals surface area contributed by atoms with Crippen LogP contribution in [0.1, 0.15) is 38.4 Å². The predicted octanol–water partition coefficient (Wildman–Crippen LogP) is 2.47. The minimum atomic E-state index is -0.810. The highest BCUT2D eigenvalue weighted by Crippen LogP contribution is 2.22. The number of aliphatic carboxylic acids is 1. The zero-order valence-electron chi connectivity index (χ0n) is 10.8. The van der Waals surface area contributed by atoms with Crippen molar-refractivity contribution in [1.29, 1.82) is 0 Å². The van der Waals surface area contributed by atoms with E-state index in [9.17, 15) is 9.18 Å². The van der Waals surface area contributed by atoms with Crippen molar-refractivity contribution in [3.05, 3.63) is 29.8 Å². The van der Waals surface area contributed by atoms with Gasteiger partial charge in [0.15, 0.2) is 0 Å². The second kappa shape index (κ2) is 7.06. The van der Waals surface area contributed by atoms with Crippen molar-refractivity contribution in [2.45, 2.75) is 32.7 Å². The number of carbonyl (C=O) groups is 1. The number of pyridine rings is 1. The number of rotatable bonds is 7. The third kappa shape index (κ3) is 4.07. The molecule has 100 valence electrons. The van der Waals surface area contributed by atoms with Crippen LogP contribution in [0.2, 0.25) is 0 Å². The molecule has 0 aliphatic rings. The lowest BCUT2D eigenvalue weighted by Gasteiger charge is -2.29. The summed E-state index contributed by atoms with van der Waals surface area (Å²) in [6.07, 6.45) is 2.11. The summed E-state index contributed by atoms with van der Waals surface area (Å²) in [6, 6.07) is 3.08. The van der Waals surface area contributed by atoms with E-state index < -0.39 is 5.97 Å². The van der Waals surface area contributed by atoms with Gasteiger partial charge in [-0.3, -0.25) is 14.7 Å². The second-order valence-electron chi connectivity index (χ2n) is 4.10. The first-order valence-corrected chi connectivity index (χ1v) is 6.15. The second-order valence-corrected chi connectivity index (χ2v) is 4.10. The van der Waals surface area contributed by atoms with Crippen molar-refractivity contribution in [3.8, 4) is 0 Å². The summed E-state index contributed by atoms with van der Waals surface area (Å²) in [5.74, 6) is -1.17. The quantitative estimate of drug-likeness (QED) is 0.812. The number of nitrogens with zero attached hydrogens (tertiary/aromatic N) is 2. The van der Waals surface area contributed by atoms with Gasteiger partial charge < -0.3 is 5.11 Å². The molecule has 1 heterocycles. The molecule has 1 aromatic rings. The Bertz CT molecular complexity index is 381. The molecule has 1 rings (SSSR count). The molecule has 1 N–H and O–H groups in total. The van der Waals surface area contributed by atoms with Gasteiger partial charge in [-0.05, 0) is 25.1 Å². The van der Waals surface area contributed by atoms with Crippen molar-refractivity contribution >= 4 is 5.97 Å². The topological polar surface area (TPSA) is 53.4 Å². The minimum absolute atomic E-state index is 0.0370. The zero-order chi connectivity index (χ0) is 13.5. The molecule has 0 aromatic carbocycles. The van der Waals surface area contributed by atoms with Crippen molar-refractivity contribution < 1.29 is 14.3 Å². The largest absolute Gasteiger partial charge is 0.481 e. The Hall–Kier alpha value is -1.49. The van der Waals surface area contributed by atoms with Crippen LogP contribution in [0.15, 0.2) is 18.3 Å². The highest BCUT2D eigenvalue weighted by atomic mass is 19.1. The average molecular weight is 254 g/mol. The van der Waals surface area contributed by atoms with Crippen LogP contribution in [0.3, 0.4) is 0 Å². The Morgan fingerprint density at radius 2 is 2.22 bits per heavy atom. The Kier molecular flexibility index (Phi) is 5.71. The van der Waals surface area contributed by atoms with Crippen LogP contribution in [-0.2, 0) is 4.79 Å². The van der Waals surface area contributed by atoms with Gasteiger partial charge in [0, 0.05) is 6.54 Å². The third-order valence-corrected chi connectivity index (χ3v) is 2.94. The number of carboxylic acid groups (broad SMARTS) is 1. The van der Waals surface area contributed by atoms with E-state index in [2.05, 4.69) is 4.98 Å². The van der Waals surface area contributed by atoms with E-state index in [0.717, 1.165) is 18.7 Å². The molecular weight excluding hydrogens is 235 g/mol. The molecule has 1 aromatic heterocycles. The maximum Gasteiger partial charge on any atom is 0.304 e. The van der Waals surface area contributed by atoms with Crippen molar-refractivity contribution in [3.63, 3.8) is 0 Å². The summed E-state index contributed by atoms with van der Waals surface area (Å²) >= 11 is 0. The van der Waals surface area contributed by atoms with Gasteiger partial charge in [-0.25, -0.2) is 4.39 Å². The van der Waals surface area contributed by atoms with E-state index in [1.165, 1.54) is 12.3 Å². The first-order valence-electron chi connectivity index (χ1n) is 6.15. The molecule has 0 saturated heterocycles. The predicted molar refractivity (Wildman–Crippen MR) is 66.7 cm³/mol. The van der Waals surface area contributed by atoms with Gasteiger partial charge in [-0.15, -0.1) is 0 Å². The van der Waals surface area contributed by atoms with E-state index in [1.807, 2.05) is 18.7 Å². The summed E-state index contributed by atoms with van der Waals surface area (Å²) in [6.45, 7) is 5.21. The van der Waals surface area contributed by atoms with Crippen LogP contribution in [-0.4, -0.2) is 34.0 Å². The van der Waals surface area contributed by atoms with Gasteiger partial charge in [-0.1, -0.05) is 13.8 Å². The molecule has 0 bridgehead atoms. The number of hydrogen-bond donors (Lipinski definition) is 1. The fourth-order valence-electron chi connectivity index (χ4n) is 2.01. The summed E-state index contributed by atoms with van der Waals surface area (Å²) < 4.78 is 12.8. The highest BCUT2D eigenvalue weighted by Gasteiger charge is 2.19. The molecule has 0 amide bonds. The van der Waals surface area contributed by atoms with E-state index >= 15 is 0 Å². The van der Waals surface area contributed by atoms with Crippen LogP contribution in [0.25, 0.3) is 0 Å². The summed E-state index contributed by atoms with van der Waals surface area (Å²) in [7, 11) is 0. The van der Waals surface area contributed by atoms with Crippen molar-refractivity contribution in [1.82, 2.24) is 9.88 Å². The van der Waals surface area contributed by atoms with Crippen LogP contribution in [0.5, 0.6) is 0 Å². The Labute approximate surface area is 106 Å². The van der Waals surface area contributed by atoms with Crippen LogP contribution < -0.4 is 0 Å². The third-order valence-electron chi connectivity index (χ3n) is 2.94. The SMILES string of the molecule is CCC(c1ccc(F)cn1)N(CC)CCC(=O)O. The summed E-state index contributed by atoms with van der Waals surface area (Å²) in [5, 5.41) is 8.73. The first-order chi connectivity index (χ1) is 8.58. The molecule has 1 atom stereocenters. The van der Waals surface area contributed by atoms with E-state index in [-0.39, 0.29) is 18.3 Å². The lowest BCUT2D eigenvalue weighted by Crippen LogP contribution is -2.31. The summed E-state index contributed by atoms with van der Waals surface area (Å²) in [4.78, 5) is 16.8. The molecule has 1 unspecified atom stereocenters. The average Bonchev–Trinajstić information content (AvgIpc) is 2.35. The van der Waals surface area contributed by atoms with E-state index in [4.69, 9.17) is 5.11 Å². The smallest absolute Gasteiger partial charge is 0.304 e. The lowest BCUT2D eigenvalue weighted by molar-refractivity contribution is -0.137. The van der Waals surface area contributed by atoms with E-state index in [0.29, 0.717) is 6.54 Å². The van der Waals surface area contributed by atoms with Crippen LogP contribution >= 0.6 is 0 Å². The van der Waals surface area contributed by atoms with Gasteiger partial charge in [0.1, 0.15) is 5.82 Å². The van der Waals surface area contributed by atoms with Crippen LogP contribution in [0.4, 0.5) is 4.39 Å². The van der Waals surface area contributed by atoms with Gasteiger partial charge in [0.25, 0.3) is 0 Å². The molecule has 0 spiro atoms. The summed E-state index contributed by atoms with van der Waals surface area (Å²) in [5.41, 5.74) is 0.783. The maximum atomic E-state index is 12.8. The maximum absolute atomic E-state index is 12.8. The van der Waals surface area contributed by atoms with Gasteiger partial charge in [-0.2, -0.15) is 0 Å². The molecule has 0 aliphatic heterocycles. The Balaban J connectivity index is 2.78. The normalized spacial score (nSPS) is 12.7. The number of hydrogen-bond acceptors (Lipinski definition) is 3. The fourth-order valence-corrected chi connectivity index (χ4v) is 2.01. The number of halogens is 1. The van der Waals surface area contributed by atoms with Gasteiger partial charge in [0.05, 0.1) is 24.4 Å². The Morgan fingerprint density at radius 1 is 1.50 bits per heavy atom. The van der Waals surface area contributed by atoms with E-state index in [1.54, 1.807) is 6.07 Å². The molecular formula is C13H19FN2O2. The molecule has 0 fully saturated rings. The van der Waals surface area contributed by atoms with Gasteiger partial charge >= 0.3 is 5.97 Å². The molecule has 5 heteroatoms. The van der Waals surface area contributed by atoms with Crippen molar-refractivity contribution in [2.75, 3.05) is 13.1 Å². The minimum Gasteiger partial charge on any atom is -0.481 e. The molecule has 0 saturated carbocycles.